The van der Waals surface area contributed by atoms with Gasteiger partial charge in [0.1, 0.15) is 5.50 Å². The first-order valence-corrected chi connectivity index (χ1v) is 6.15. The van der Waals surface area contributed by atoms with Crippen molar-refractivity contribution in [2.45, 2.75) is 52.5 Å². The van der Waals surface area contributed by atoms with Crippen LogP contribution in [0.2, 0.25) is 0 Å². The lowest BCUT2D eigenvalue weighted by atomic mass is 9.91. The summed E-state index contributed by atoms with van der Waals surface area (Å²) >= 11 is 5.81. The third-order valence-corrected chi connectivity index (χ3v) is 2.77. The van der Waals surface area contributed by atoms with Crippen LogP contribution in [-0.2, 0) is 4.79 Å². The van der Waals surface area contributed by atoms with E-state index in [-0.39, 0.29) is 17.2 Å². The van der Waals surface area contributed by atoms with Crippen LogP contribution in [0.5, 0.6) is 0 Å². The molecule has 0 N–H and O–H groups in total. The number of rotatable bonds is 7. The Balaban J connectivity index is 4.21. The summed E-state index contributed by atoms with van der Waals surface area (Å²) in [5.74, 6) is 0.769. The lowest BCUT2D eigenvalue weighted by Gasteiger charge is -2.13. The first-order chi connectivity index (χ1) is 7.01. The second-order valence-corrected chi connectivity index (χ2v) is 4.76. The van der Waals surface area contributed by atoms with Gasteiger partial charge in [0.05, 0.1) is 6.21 Å². The number of carbonyl (C=O) groups is 1. The fraction of sp³-hybridized carbons (Fsp3) is 0.833. The zero-order valence-electron chi connectivity index (χ0n) is 10.2. The van der Waals surface area contributed by atoms with Crippen molar-refractivity contribution in [1.82, 2.24) is 0 Å². The Kier molecular flexibility index (Phi) is 7.67. The van der Waals surface area contributed by atoms with Gasteiger partial charge in [0.15, 0.2) is 5.78 Å². The normalized spacial score (nSPS) is 15.9. The number of halogens is 1. The summed E-state index contributed by atoms with van der Waals surface area (Å²) in [6.45, 7) is 8.24. The van der Waals surface area contributed by atoms with E-state index in [2.05, 4.69) is 18.8 Å². The highest BCUT2D eigenvalue weighted by atomic mass is 35.5. The molecule has 0 spiro atoms. The molecule has 0 amide bonds. The van der Waals surface area contributed by atoms with Gasteiger partial charge in [-0.05, 0) is 25.2 Å². The second kappa shape index (κ2) is 7.86. The van der Waals surface area contributed by atoms with E-state index >= 15 is 0 Å². The number of Topliss-reactive ketones (excluding diaryl/α,β-unsaturated/α-hetero) is 1. The topological polar surface area (TPSA) is 29.4 Å². The highest BCUT2D eigenvalue weighted by molar-refractivity contribution is 6.29. The number of ketones is 1. The van der Waals surface area contributed by atoms with Gasteiger partial charge in [0, 0.05) is 5.92 Å². The SMILES string of the molecule is CCC(Cl)N=CC(=O)C(CC)CC(C)C. The van der Waals surface area contributed by atoms with E-state index in [1.807, 2.05) is 13.8 Å². The summed E-state index contributed by atoms with van der Waals surface area (Å²) in [5, 5.41) is 0. The van der Waals surface area contributed by atoms with Crippen molar-refractivity contribution >= 4 is 23.6 Å². The lowest BCUT2D eigenvalue weighted by Crippen LogP contribution is -2.17. The quantitative estimate of drug-likeness (QED) is 0.374. The Bertz CT molecular complexity index is 214. The summed E-state index contributed by atoms with van der Waals surface area (Å²) < 4.78 is 0. The van der Waals surface area contributed by atoms with Crippen LogP contribution in [-0.4, -0.2) is 17.5 Å². The molecule has 0 saturated carbocycles. The van der Waals surface area contributed by atoms with Crippen molar-refractivity contribution in [1.29, 1.82) is 0 Å². The van der Waals surface area contributed by atoms with Crippen molar-refractivity contribution in [2.75, 3.05) is 0 Å². The van der Waals surface area contributed by atoms with E-state index in [1.54, 1.807) is 0 Å². The molecule has 0 aromatic carbocycles. The molecule has 0 fully saturated rings. The molecule has 2 nitrogen and oxygen atoms in total. The van der Waals surface area contributed by atoms with Gasteiger partial charge in [-0.3, -0.25) is 9.79 Å². The summed E-state index contributed by atoms with van der Waals surface area (Å²) in [4.78, 5) is 15.7. The van der Waals surface area contributed by atoms with Crippen LogP contribution < -0.4 is 0 Å². The number of hydrogen-bond donors (Lipinski definition) is 0. The molecule has 0 saturated heterocycles. The Morgan fingerprint density at radius 3 is 2.33 bits per heavy atom. The van der Waals surface area contributed by atoms with Crippen molar-refractivity contribution in [3.05, 3.63) is 0 Å². The Morgan fingerprint density at radius 2 is 1.93 bits per heavy atom. The fourth-order valence-corrected chi connectivity index (χ4v) is 1.47. The van der Waals surface area contributed by atoms with Crippen LogP contribution in [0.1, 0.15) is 47.0 Å². The highest BCUT2D eigenvalue weighted by Crippen LogP contribution is 2.15. The first-order valence-electron chi connectivity index (χ1n) is 5.72. The predicted octanol–water partition coefficient (Wildman–Crippen LogP) is 3.67. The van der Waals surface area contributed by atoms with E-state index in [9.17, 15) is 4.79 Å². The zero-order chi connectivity index (χ0) is 11.8. The Morgan fingerprint density at radius 1 is 1.33 bits per heavy atom. The molecular weight excluding hydrogens is 210 g/mol. The van der Waals surface area contributed by atoms with Gasteiger partial charge in [-0.1, -0.05) is 39.3 Å². The molecule has 0 bridgehead atoms. The van der Waals surface area contributed by atoms with Gasteiger partial charge < -0.3 is 0 Å². The number of aliphatic imine (C=N–C) groups is 1. The van der Waals surface area contributed by atoms with Crippen LogP contribution >= 0.6 is 11.6 Å². The highest BCUT2D eigenvalue weighted by Gasteiger charge is 2.15. The summed E-state index contributed by atoms with van der Waals surface area (Å²) in [6.07, 6.45) is 3.98. The third kappa shape index (κ3) is 6.67. The molecule has 0 aromatic heterocycles. The van der Waals surface area contributed by atoms with Crippen molar-refractivity contribution < 1.29 is 4.79 Å². The maximum Gasteiger partial charge on any atom is 0.176 e. The average molecular weight is 232 g/mol. The monoisotopic (exact) mass is 231 g/mol. The van der Waals surface area contributed by atoms with Gasteiger partial charge in [0.2, 0.25) is 0 Å². The number of hydrogen-bond acceptors (Lipinski definition) is 2. The number of alkyl halides is 1. The maximum atomic E-state index is 11.7. The Labute approximate surface area is 98.1 Å². The molecule has 15 heavy (non-hydrogen) atoms. The first kappa shape index (κ1) is 14.6. The molecular formula is C12H22ClNO. The molecule has 0 aliphatic carbocycles. The number of carbonyl (C=O) groups excluding carboxylic acids is 1. The van der Waals surface area contributed by atoms with E-state index in [0.29, 0.717) is 5.92 Å². The Hall–Kier alpha value is -0.370. The minimum atomic E-state index is -0.259. The summed E-state index contributed by atoms with van der Waals surface area (Å²) in [7, 11) is 0. The van der Waals surface area contributed by atoms with E-state index < -0.39 is 0 Å². The van der Waals surface area contributed by atoms with E-state index in [4.69, 9.17) is 11.6 Å². The zero-order valence-corrected chi connectivity index (χ0v) is 10.9. The van der Waals surface area contributed by atoms with Crippen molar-refractivity contribution in [3.8, 4) is 0 Å². The van der Waals surface area contributed by atoms with Crippen LogP contribution in [0.25, 0.3) is 0 Å². The van der Waals surface area contributed by atoms with Gasteiger partial charge in [-0.15, -0.1) is 0 Å². The second-order valence-electron chi connectivity index (χ2n) is 4.26. The van der Waals surface area contributed by atoms with Gasteiger partial charge in [-0.25, -0.2) is 0 Å². The lowest BCUT2D eigenvalue weighted by molar-refractivity contribution is -0.116. The predicted molar refractivity (Wildman–Crippen MR) is 66.7 cm³/mol. The average Bonchev–Trinajstić information content (AvgIpc) is 2.21. The van der Waals surface area contributed by atoms with Gasteiger partial charge >= 0.3 is 0 Å². The molecule has 3 heteroatoms. The largest absolute Gasteiger partial charge is 0.293 e. The van der Waals surface area contributed by atoms with Crippen LogP contribution in [0.4, 0.5) is 0 Å². The minimum Gasteiger partial charge on any atom is -0.293 e. The number of nitrogens with zero attached hydrogens (tertiary/aromatic N) is 1. The van der Waals surface area contributed by atoms with E-state index in [1.165, 1.54) is 6.21 Å². The molecule has 2 unspecified atom stereocenters. The third-order valence-electron chi connectivity index (χ3n) is 2.35. The van der Waals surface area contributed by atoms with Crippen LogP contribution in [0, 0.1) is 11.8 Å². The van der Waals surface area contributed by atoms with Crippen molar-refractivity contribution in [2.24, 2.45) is 16.8 Å². The molecule has 0 heterocycles. The smallest absolute Gasteiger partial charge is 0.176 e. The molecule has 0 aromatic rings. The van der Waals surface area contributed by atoms with Crippen LogP contribution in [0.3, 0.4) is 0 Å². The van der Waals surface area contributed by atoms with Gasteiger partial charge in [0.25, 0.3) is 0 Å². The molecule has 0 rings (SSSR count). The fourth-order valence-electron chi connectivity index (χ4n) is 1.42. The molecule has 0 radical (unpaired) electrons. The maximum absolute atomic E-state index is 11.7. The van der Waals surface area contributed by atoms with Crippen molar-refractivity contribution in [3.63, 3.8) is 0 Å². The molecule has 88 valence electrons. The van der Waals surface area contributed by atoms with Gasteiger partial charge in [-0.2, -0.15) is 0 Å². The minimum absolute atomic E-state index is 0.106. The molecule has 2 atom stereocenters. The molecule has 0 aliphatic heterocycles. The summed E-state index contributed by atoms with van der Waals surface area (Å²) in [6, 6.07) is 0. The standard InChI is InChI=1S/C12H22ClNO/c1-5-10(7-9(3)4)11(15)8-14-12(13)6-2/h8-10,12H,5-7H2,1-4H3. The van der Waals surface area contributed by atoms with E-state index in [0.717, 1.165) is 19.3 Å². The summed E-state index contributed by atoms with van der Waals surface area (Å²) in [5.41, 5.74) is -0.259. The molecule has 0 aliphatic rings. The van der Waals surface area contributed by atoms with Crippen LogP contribution in [0.15, 0.2) is 4.99 Å².